The molecule has 2 aromatic rings. The first-order valence-corrected chi connectivity index (χ1v) is 10.0. The highest BCUT2D eigenvalue weighted by atomic mass is 127. The zero-order valence-electron chi connectivity index (χ0n) is 17.3. The molecule has 1 saturated carbocycles. The standard InChI is InChI=1S/C21H33N5O.HI/c1-17-25-18-8-4-5-9-19(18)26(17)14-13-23-20(22-2)24-16-21(12-15-27-3)10-6-7-11-21;/h4-5,8-9H,6-7,10-16H2,1-3H3,(H2,22,23,24);1H. The third-order valence-electron chi connectivity index (χ3n) is 5.83. The molecule has 1 aromatic carbocycles. The summed E-state index contributed by atoms with van der Waals surface area (Å²) in [7, 11) is 3.63. The SMILES string of the molecule is CN=C(NCCn1c(C)nc2ccccc21)NCC1(CCOC)CCCC1.I. The van der Waals surface area contributed by atoms with E-state index in [1.165, 1.54) is 31.2 Å². The van der Waals surface area contributed by atoms with Crippen LogP contribution in [0.2, 0.25) is 0 Å². The number of hydrogen-bond acceptors (Lipinski definition) is 3. The van der Waals surface area contributed by atoms with Crippen LogP contribution in [-0.4, -0.2) is 49.4 Å². The van der Waals surface area contributed by atoms with Crippen LogP contribution in [-0.2, 0) is 11.3 Å². The molecule has 3 rings (SSSR count). The van der Waals surface area contributed by atoms with Crippen molar-refractivity contribution in [1.82, 2.24) is 20.2 Å². The van der Waals surface area contributed by atoms with Gasteiger partial charge in [-0.05, 0) is 43.7 Å². The molecule has 0 aliphatic heterocycles. The molecule has 0 radical (unpaired) electrons. The maximum absolute atomic E-state index is 5.33. The Labute approximate surface area is 185 Å². The number of fused-ring (bicyclic) bond motifs is 1. The number of guanidine groups is 1. The van der Waals surface area contributed by atoms with Crippen molar-refractivity contribution in [1.29, 1.82) is 0 Å². The topological polar surface area (TPSA) is 63.5 Å². The van der Waals surface area contributed by atoms with Gasteiger partial charge in [-0.25, -0.2) is 4.98 Å². The highest BCUT2D eigenvalue weighted by Gasteiger charge is 2.33. The molecular weight excluding hydrogens is 465 g/mol. The molecule has 28 heavy (non-hydrogen) atoms. The molecule has 2 N–H and O–H groups in total. The molecule has 0 atom stereocenters. The highest BCUT2D eigenvalue weighted by molar-refractivity contribution is 14.0. The Morgan fingerprint density at radius 3 is 2.71 bits per heavy atom. The lowest BCUT2D eigenvalue weighted by molar-refractivity contribution is 0.138. The zero-order chi connectivity index (χ0) is 19.1. The second-order valence-electron chi connectivity index (χ2n) is 7.60. The number of nitrogens with one attached hydrogen (secondary N) is 2. The first kappa shape index (κ1) is 22.9. The molecule has 1 fully saturated rings. The molecule has 1 aliphatic carbocycles. The average Bonchev–Trinajstić information content (AvgIpc) is 3.28. The van der Waals surface area contributed by atoms with E-state index in [4.69, 9.17) is 4.74 Å². The number of nitrogens with zero attached hydrogens (tertiary/aromatic N) is 3. The molecule has 0 amide bonds. The number of imidazole rings is 1. The van der Waals surface area contributed by atoms with Crippen molar-refractivity contribution in [3.63, 3.8) is 0 Å². The van der Waals surface area contributed by atoms with Crippen LogP contribution in [0.25, 0.3) is 11.0 Å². The van der Waals surface area contributed by atoms with Gasteiger partial charge in [0.25, 0.3) is 0 Å². The Kier molecular flexibility index (Phi) is 9.01. The molecule has 156 valence electrons. The summed E-state index contributed by atoms with van der Waals surface area (Å²) in [5, 5.41) is 7.01. The molecule has 0 saturated heterocycles. The number of methoxy groups -OCH3 is 1. The van der Waals surface area contributed by atoms with Gasteiger partial charge in [0, 0.05) is 40.4 Å². The number of aliphatic imine (C=N–C) groups is 1. The Balaban J connectivity index is 0.00000280. The lowest BCUT2D eigenvalue weighted by atomic mass is 9.83. The van der Waals surface area contributed by atoms with Crippen LogP contribution in [0.5, 0.6) is 0 Å². The molecule has 1 aromatic heterocycles. The molecule has 0 unspecified atom stereocenters. The molecule has 1 aliphatic rings. The molecule has 0 bridgehead atoms. The van der Waals surface area contributed by atoms with Crippen LogP contribution in [0.15, 0.2) is 29.3 Å². The minimum Gasteiger partial charge on any atom is -0.385 e. The maximum atomic E-state index is 5.33. The molecule has 1 heterocycles. The van der Waals surface area contributed by atoms with E-state index < -0.39 is 0 Å². The average molecular weight is 499 g/mol. The Hall–Kier alpha value is -1.35. The largest absolute Gasteiger partial charge is 0.385 e. The summed E-state index contributed by atoms with van der Waals surface area (Å²) in [4.78, 5) is 9.04. The van der Waals surface area contributed by atoms with Gasteiger partial charge in [0.2, 0.25) is 0 Å². The number of ether oxygens (including phenoxy) is 1. The Morgan fingerprint density at radius 1 is 1.25 bits per heavy atom. The number of aromatic nitrogens is 2. The molecule has 7 heteroatoms. The highest BCUT2D eigenvalue weighted by Crippen LogP contribution is 2.40. The van der Waals surface area contributed by atoms with E-state index in [0.717, 1.165) is 50.0 Å². The fourth-order valence-corrected chi connectivity index (χ4v) is 4.21. The lowest BCUT2D eigenvalue weighted by Crippen LogP contribution is -2.44. The van der Waals surface area contributed by atoms with Gasteiger partial charge >= 0.3 is 0 Å². The monoisotopic (exact) mass is 499 g/mol. The number of benzene rings is 1. The van der Waals surface area contributed by atoms with Gasteiger partial charge in [0.1, 0.15) is 5.82 Å². The minimum absolute atomic E-state index is 0. The second kappa shape index (κ2) is 11.0. The van der Waals surface area contributed by atoms with Crippen molar-refractivity contribution < 1.29 is 4.74 Å². The summed E-state index contributed by atoms with van der Waals surface area (Å²) < 4.78 is 7.59. The Morgan fingerprint density at radius 2 is 2.00 bits per heavy atom. The van der Waals surface area contributed by atoms with Crippen LogP contribution in [0.4, 0.5) is 0 Å². The minimum atomic E-state index is 0. The van der Waals surface area contributed by atoms with Gasteiger partial charge in [-0.1, -0.05) is 25.0 Å². The normalized spacial score (nSPS) is 16.2. The van der Waals surface area contributed by atoms with Crippen LogP contribution in [0.1, 0.15) is 37.9 Å². The summed E-state index contributed by atoms with van der Waals surface area (Å²) >= 11 is 0. The van der Waals surface area contributed by atoms with Crippen molar-refractivity contribution >= 4 is 41.0 Å². The van der Waals surface area contributed by atoms with Crippen molar-refractivity contribution in [2.24, 2.45) is 10.4 Å². The van der Waals surface area contributed by atoms with E-state index in [2.05, 4.69) is 50.3 Å². The van der Waals surface area contributed by atoms with Gasteiger partial charge < -0.3 is 19.9 Å². The Bertz CT molecular complexity index is 767. The summed E-state index contributed by atoms with van der Waals surface area (Å²) in [6.07, 6.45) is 6.32. The number of hydrogen-bond donors (Lipinski definition) is 2. The third kappa shape index (κ3) is 5.59. The maximum Gasteiger partial charge on any atom is 0.191 e. The van der Waals surface area contributed by atoms with Gasteiger partial charge in [-0.15, -0.1) is 24.0 Å². The van der Waals surface area contributed by atoms with Crippen molar-refractivity contribution in [2.75, 3.05) is 33.9 Å². The summed E-state index contributed by atoms with van der Waals surface area (Å²) in [5.74, 6) is 1.92. The molecule has 6 nitrogen and oxygen atoms in total. The van der Waals surface area contributed by atoms with E-state index in [-0.39, 0.29) is 24.0 Å². The van der Waals surface area contributed by atoms with E-state index in [1.807, 2.05) is 13.1 Å². The van der Waals surface area contributed by atoms with E-state index in [9.17, 15) is 0 Å². The van der Waals surface area contributed by atoms with Crippen LogP contribution < -0.4 is 10.6 Å². The first-order valence-electron chi connectivity index (χ1n) is 10.0. The van der Waals surface area contributed by atoms with Crippen molar-refractivity contribution in [3.05, 3.63) is 30.1 Å². The summed E-state index contributed by atoms with van der Waals surface area (Å²) in [6, 6.07) is 8.29. The summed E-state index contributed by atoms with van der Waals surface area (Å²) in [6.45, 7) is 5.53. The van der Waals surface area contributed by atoms with Crippen LogP contribution in [0, 0.1) is 12.3 Å². The van der Waals surface area contributed by atoms with Gasteiger partial charge in [-0.3, -0.25) is 4.99 Å². The lowest BCUT2D eigenvalue weighted by Gasteiger charge is -2.30. The predicted molar refractivity (Wildman–Crippen MR) is 127 cm³/mol. The van der Waals surface area contributed by atoms with Gasteiger partial charge in [0.15, 0.2) is 5.96 Å². The van der Waals surface area contributed by atoms with E-state index >= 15 is 0 Å². The molecular formula is C21H34IN5O. The predicted octanol–water partition coefficient (Wildman–Crippen LogP) is 3.72. The van der Waals surface area contributed by atoms with Crippen LogP contribution >= 0.6 is 24.0 Å². The molecule has 0 spiro atoms. The quantitative estimate of drug-likeness (QED) is 0.330. The first-order chi connectivity index (χ1) is 13.2. The zero-order valence-corrected chi connectivity index (χ0v) is 19.7. The number of aryl methyl sites for hydroxylation is 1. The number of rotatable bonds is 8. The van der Waals surface area contributed by atoms with Gasteiger partial charge in [0.05, 0.1) is 11.0 Å². The van der Waals surface area contributed by atoms with Crippen molar-refractivity contribution in [3.8, 4) is 0 Å². The third-order valence-corrected chi connectivity index (χ3v) is 5.83. The van der Waals surface area contributed by atoms with E-state index in [1.54, 1.807) is 7.11 Å². The fraction of sp³-hybridized carbons (Fsp3) is 0.619. The van der Waals surface area contributed by atoms with Gasteiger partial charge in [-0.2, -0.15) is 0 Å². The van der Waals surface area contributed by atoms with Crippen LogP contribution in [0.3, 0.4) is 0 Å². The second-order valence-corrected chi connectivity index (χ2v) is 7.60. The van der Waals surface area contributed by atoms with Crippen molar-refractivity contribution in [2.45, 2.75) is 45.6 Å². The smallest absolute Gasteiger partial charge is 0.191 e. The number of para-hydroxylation sites is 2. The van der Waals surface area contributed by atoms with E-state index in [0.29, 0.717) is 5.41 Å². The summed E-state index contributed by atoms with van der Waals surface area (Å²) in [5.41, 5.74) is 2.59. The fourth-order valence-electron chi connectivity index (χ4n) is 4.21. The number of halogens is 1.